The summed E-state index contributed by atoms with van der Waals surface area (Å²) in [6.45, 7) is 4.35. The second-order valence-electron chi connectivity index (χ2n) is 6.67. The summed E-state index contributed by atoms with van der Waals surface area (Å²) >= 11 is 0. The minimum absolute atomic E-state index is 0.131. The summed E-state index contributed by atoms with van der Waals surface area (Å²) in [5.41, 5.74) is 10.2. The van der Waals surface area contributed by atoms with Crippen LogP contribution >= 0.6 is 0 Å². The normalized spacial score (nSPS) is 15.4. The van der Waals surface area contributed by atoms with Gasteiger partial charge in [-0.25, -0.2) is 0 Å². The number of carbonyl (C=O) groups is 1. The summed E-state index contributed by atoms with van der Waals surface area (Å²) in [5, 5.41) is 3.18. The Hall–Kier alpha value is -2.29. The van der Waals surface area contributed by atoms with Crippen molar-refractivity contribution >= 4 is 11.6 Å². The lowest BCUT2D eigenvalue weighted by Gasteiger charge is -2.22. The van der Waals surface area contributed by atoms with Gasteiger partial charge in [0.25, 0.3) is 0 Å². The van der Waals surface area contributed by atoms with E-state index in [2.05, 4.69) is 43.4 Å². The molecule has 0 aromatic heterocycles. The second kappa shape index (κ2) is 6.45. The van der Waals surface area contributed by atoms with Crippen LogP contribution in [0.25, 0.3) is 0 Å². The van der Waals surface area contributed by atoms with Gasteiger partial charge in [-0.3, -0.25) is 4.79 Å². The molecule has 0 bridgehead atoms. The van der Waals surface area contributed by atoms with Crippen LogP contribution in [-0.2, 0) is 4.79 Å². The van der Waals surface area contributed by atoms with E-state index in [0.29, 0.717) is 11.6 Å². The molecule has 3 nitrogen and oxygen atoms in total. The SMILES string of the molecule is CC(C)c1ccc([C@@H](NC(=O)C2CC2)c2ccccc2N)cc1. The van der Waals surface area contributed by atoms with Gasteiger partial charge in [-0.1, -0.05) is 56.3 Å². The molecule has 1 saturated carbocycles. The van der Waals surface area contributed by atoms with E-state index in [1.165, 1.54) is 5.56 Å². The summed E-state index contributed by atoms with van der Waals surface area (Å²) in [6.07, 6.45) is 1.99. The zero-order chi connectivity index (χ0) is 16.4. The van der Waals surface area contributed by atoms with Crippen LogP contribution in [0.2, 0.25) is 0 Å². The molecule has 0 unspecified atom stereocenters. The van der Waals surface area contributed by atoms with Crippen molar-refractivity contribution in [2.24, 2.45) is 5.92 Å². The maximum Gasteiger partial charge on any atom is 0.223 e. The van der Waals surface area contributed by atoms with Crippen LogP contribution in [0.4, 0.5) is 5.69 Å². The number of amides is 1. The highest BCUT2D eigenvalue weighted by Crippen LogP contribution is 2.32. The first-order chi connectivity index (χ1) is 11.1. The Morgan fingerprint density at radius 2 is 1.65 bits per heavy atom. The van der Waals surface area contributed by atoms with Gasteiger partial charge in [0.05, 0.1) is 6.04 Å². The second-order valence-corrected chi connectivity index (χ2v) is 6.67. The van der Waals surface area contributed by atoms with E-state index in [1.54, 1.807) is 0 Å². The van der Waals surface area contributed by atoms with Gasteiger partial charge in [-0.15, -0.1) is 0 Å². The average Bonchev–Trinajstić information content (AvgIpc) is 3.38. The van der Waals surface area contributed by atoms with Gasteiger partial charge < -0.3 is 11.1 Å². The number of carbonyl (C=O) groups excluding carboxylic acids is 1. The molecule has 120 valence electrons. The molecule has 2 aromatic rings. The minimum Gasteiger partial charge on any atom is -0.398 e. The van der Waals surface area contributed by atoms with Crippen molar-refractivity contribution in [1.82, 2.24) is 5.32 Å². The number of hydrogen-bond acceptors (Lipinski definition) is 2. The van der Waals surface area contributed by atoms with Gasteiger partial charge in [0, 0.05) is 17.2 Å². The van der Waals surface area contributed by atoms with Crippen LogP contribution in [0.1, 0.15) is 55.3 Å². The Morgan fingerprint density at radius 1 is 1.04 bits per heavy atom. The largest absolute Gasteiger partial charge is 0.398 e. The highest BCUT2D eigenvalue weighted by atomic mass is 16.2. The van der Waals surface area contributed by atoms with Crippen molar-refractivity contribution in [3.8, 4) is 0 Å². The number of nitrogens with two attached hydrogens (primary N) is 1. The Labute approximate surface area is 137 Å². The van der Waals surface area contributed by atoms with Crippen molar-refractivity contribution in [1.29, 1.82) is 0 Å². The molecule has 0 heterocycles. The topological polar surface area (TPSA) is 55.1 Å². The maximum atomic E-state index is 12.3. The molecule has 1 atom stereocenters. The maximum absolute atomic E-state index is 12.3. The monoisotopic (exact) mass is 308 g/mol. The number of benzene rings is 2. The minimum atomic E-state index is -0.189. The van der Waals surface area contributed by atoms with Crippen molar-refractivity contribution in [2.45, 2.75) is 38.6 Å². The van der Waals surface area contributed by atoms with Gasteiger partial charge in [-0.2, -0.15) is 0 Å². The number of para-hydroxylation sites is 1. The van der Waals surface area contributed by atoms with E-state index < -0.39 is 0 Å². The number of hydrogen-bond donors (Lipinski definition) is 2. The molecule has 1 fully saturated rings. The standard InChI is InChI=1S/C20H24N2O/c1-13(2)14-7-9-15(10-8-14)19(22-20(23)16-11-12-16)17-5-3-4-6-18(17)21/h3-10,13,16,19H,11-12,21H2,1-2H3,(H,22,23)/t19-/m1/s1. The molecule has 23 heavy (non-hydrogen) atoms. The predicted molar refractivity (Wildman–Crippen MR) is 94.1 cm³/mol. The zero-order valence-corrected chi connectivity index (χ0v) is 13.8. The predicted octanol–water partition coefficient (Wildman–Crippen LogP) is 4.01. The molecule has 2 aromatic carbocycles. The highest BCUT2D eigenvalue weighted by molar-refractivity contribution is 5.82. The lowest BCUT2D eigenvalue weighted by molar-refractivity contribution is -0.122. The fraction of sp³-hybridized carbons (Fsp3) is 0.350. The van der Waals surface area contributed by atoms with Crippen LogP contribution < -0.4 is 11.1 Å². The summed E-state index contributed by atoms with van der Waals surface area (Å²) < 4.78 is 0. The van der Waals surface area contributed by atoms with Crippen LogP contribution in [-0.4, -0.2) is 5.91 Å². The Bertz CT molecular complexity index is 687. The molecule has 1 aliphatic carbocycles. The summed E-state index contributed by atoms with van der Waals surface area (Å²) in [4.78, 5) is 12.3. The van der Waals surface area contributed by atoms with E-state index in [4.69, 9.17) is 5.73 Å². The molecule has 0 saturated heterocycles. The van der Waals surface area contributed by atoms with Gasteiger partial charge in [-0.05, 0) is 36.0 Å². The van der Waals surface area contributed by atoms with Crippen LogP contribution in [0, 0.1) is 5.92 Å². The van der Waals surface area contributed by atoms with Gasteiger partial charge in [0.1, 0.15) is 0 Å². The van der Waals surface area contributed by atoms with E-state index in [0.717, 1.165) is 24.0 Å². The Kier molecular flexibility index (Phi) is 4.37. The average molecular weight is 308 g/mol. The van der Waals surface area contributed by atoms with E-state index >= 15 is 0 Å². The third-order valence-electron chi connectivity index (χ3n) is 4.48. The third-order valence-corrected chi connectivity index (χ3v) is 4.48. The highest BCUT2D eigenvalue weighted by Gasteiger charge is 2.32. The molecule has 3 heteroatoms. The Balaban J connectivity index is 1.93. The molecule has 3 rings (SSSR count). The lowest BCUT2D eigenvalue weighted by Crippen LogP contribution is -2.31. The summed E-state index contributed by atoms with van der Waals surface area (Å²) in [6, 6.07) is 16.0. The molecular formula is C20H24N2O. The molecule has 3 N–H and O–H groups in total. The summed E-state index contributed by atoms with van der Waals surface area (Å²) in [5.74, 6) is 0.800. The molecule has 0 spiro atoms. The van der Waals surface area contributed by atoms with E-state index in [-0.39, 0.29) is 17.9 Å². The van der Waals surface area contributed by atoms with Crippen molar-refractivity contribution in [3.63, 3.8) is 0 Å². The quantitative estimate of drug-likeness (QED) is 0.820. The number of rotatable bonds is 5. The fourth-order valence-electron chi connectivity index (χ4n) is 2.79. The summed E-state index contributed by atoms with van der Waals surface area (Å²) in [7, 11) is 0. The fourth-order valence-corrected chi connectivity index (χ4v) is 2.79. The molecule has 0 aliphatic heterocycles. The third kappa shape index (κ3) is 3.55. The molecule has 1 aliphatic rings. The molecule has 0 radical (unpaired) electrons. The van der Waals surface area contributed by atoms with E-state index in [1.807, 2.05) is 24.3 Å². The zero-order valence-electron chi connectivity index (χ0n) is 13.8. The first kappa shape index (κ1) is 15.6. The van der Waals surface area contributed by atoms with Gasteiger partial charge in [0.2, 0.25) is 5.91 Å². The van der Waals surface area contributed by atoms with Crippen molar-refractivity contribution in [2.75, 3.05) is 5.73 Å². The van der Waals surface area contributed by atoms with E-state index in [9.17, 15) is 4.79 Å². The number of anilines is 1. The smallest absolute Gasteiger partial charge is 0.223 e. The first-order valence-corrected chi connectivity index (χ1v) is 8.31. The van der Waals surface area contributed by atoms with Crippen molar-refractivity contribution < 1.29 is 4.79 Å². The number of nitrogen functional groups attached to an aromatic ring is 1. The van der Waals surface area contributed by atoms with Crippen LogP contribution in [0.15, 0.2) is 48.5 Å². The van der Waals surface area contributed by atoms with Crippen LogP contribution in [0.3, 0.4) is 0 Å². The number of nitrogens with one attached hydrogen (secondary N) is 1. The Morgan fingerprint density at radius 3 is 2.22 bits per heavy atom. The lowest BCUT2D eigenvalue weighted by atomic mass is 9.94. The molecular weight excluding hydrogens is 284 g/mol. The first-order valence-electron chi connectivity index (χ1n) is 8.31. The van der Waals surface area contributed by atoms with Gasteiger partial charge >= 0.3 is 0 Å². The van der Waals surface area contributed by atoms with Crippen LogP contribution in [0.5, 0.6) is 0 Å². The van der Waals surface area contributed by atoms with Crippen molar-refractivity contribution in [3.05, 3.63) is 65.2 Å². The molecule has 1 amide bonds. The van der Waals surface area contributed by atoms with Gasteiger partial charge in [0.15, 0.2) is 0 Å².